The van der Waals surface area contributed by atoms with Gasteiger partial charge in [0.15, 0.2) is 0 Å². The van der Waals surface area contributed by atoms with Crippen molar-refractivity contribution >= 4 is 29.6 Å². The second-order valence-corrected chi connectivity index (χ2v) is 12.0. The van der Waals surface area contributed by atoms with Crippen molar-refractivity contribution in [2.75, 3.05) is 18.0 Å². The van der Waals surface area contributed by atoms with E-state index >= 15 is 0 Å². The number of ether oxygens (including phenoxy) is 1. The highest BCUT2D eigenvalue weighted by molar-refractivity contribution is 6.65. The van der Waals surface area contributed by atoms with Crippen molar-refractivity contribution in [3.63, 3.8) is 0 Å². The summed E-state index contributed by atoms with van der Waals surface area (Å²) in [5, 5.41) is 0.897. The molecule has 0 N–H and O–H groups in total. The Kier molecular flexibility index (Phi) is 6.57. The van der Waals surface area contributed by atoms with Gasteiger partial charge in [0, 0.05) is 80.3 Å². The van der Waals surface area contributed by atoms with Crippen molar-refractivity contribution < 1.29 is 22.8 Å². The molecule has 0 aromatic carbocycles. The summed E-state index contributed by atoms with van der Waals surface area (Å²) in [6, 6.07) is 5.64. The Morgan fingerprint density at radius 1 is 0.949 bits per heavy atom. The van der Waals surface area contributed by atoms with Gasteiger partial charge in [-0.25, -0.2) is 18.7 Å². The van der Waals surface area contributed by atoms with Crippen LogP contribution >= 0.6 is 0 Å². The van der Waals surface area contributed by atoms with Crippen LogP contribution in [0.5, 0.6) is 5.88 Å². The number of aromatic nitrogens is 4. The minimum Gasteiger partial charge on any atom is -0.474 e. The Hall–Kier alpha value is -2.79. The van der Waals surface area contributed by atoms with E-state index in [1.807, 2.05) is 56.7 Å². The molecular weight excluding hydrogens is 503 g/mol. The van der Waals surface area contributed by atoms with Crippen LogP contribution in [-0.4, -0.2) is 63.0 Å². The summed E-state index contributed by atoms with van der Waals surface area (Å²) in [7, 11) is -0.568. The van der Waals surface area contributed by atoms with E-state index in [-0.39, 0.29) is 25.0 Å². The van der Waals surface area contributed by atoms with Gasteiger partial charge in [0.1, 0.15) is 11.8 Å². The molecule has 0 bridgehead atoms. The zero-order valence-corrected chi connectivity index (χ0v) is 23.1. The average molecular weight is 539 g/mol. The van der Waals surface area contributed by atoms with Gasteiger partial charge in [-0.1, -0.05) is 0 Å². The van der Waals surface area contributed by atoms with Crippen molar-refractivity contribution in [2.24, 2.45) is 0 Å². The first-order chi connectivity index (χ1) is 18.5. The highest BCUT2D eigenvalue weighted by Crippen LogP contribution is 2.41. The number of fused-ring (bicyclic) bond motifs is 1. The first kappa shape index (κ1) is 26.4. The lowest BCUT2D eigenvalue weighted by Crippen LogP contribution is -2.41. The first-order valence-corrected chi connectivity index (χ1v) is 13.9. The van der Waals surface area contributed by atoms with E-state index in [1.54, 1.807) is 12.4 Å². The van der Waals surface area contributed by atoms with Crippen LogP contribution in [0, 0.1) is 0 Å². The number of hydrogen-bond donors (Lipinski definition) is 0. The molecule has 1 saturated carbocycles. The van der Waals surface area contributed by atoms with E-state index < -0.39 is 24.2 Å². The average Bonchev–Trinajstić information content (AvgIpc) is 3.38. The molecule has 11 heteroatoms. The zero-order chi connectivity index (χ0) is 27.4. The lowest BCUT2D eigenvalue weighted by Gasteiger charge is -2.32. The number of nitrogens with zero attached hydrogens (tertiary/aromatic N) is 5. The summed E-state index contributed by atoms with van der Waals surface area (Å²) in [4.78, 5) is 15.8. The molecule has 2 aliphatic heterocycles. The summed E-state index contributed by atoms with van der Waals surface area (Å²) in [6.45, 7) is 9.69. The molecule has 1 aliphatic carbocycles. The molecule has 0 unspecified atom stereocenters. The lowest BCUT2D eigenvalue weighted by molar-refractivity contribution is -0.0436. The quantitative estimate of drug-likeness (QED) is 0.426. The van der Waals surface area contributed by atoms with Crippen LogP contribution in [0.25, 0.3) is 11.0 Å². The lowest BCUT2D eigenvalue weighted by atomic mass is 9.79. The van der Waals surface area contributed by atoms with Gasteiger partial charge in [-0.05, 0) is 52.7 Å². The maximum absolute atomic E-state index is 14.0. The number of anilines is 1. The zero-order valence-electron chi connectivity index (χ0n) is 23.1. The fourth-order valence-electron chi connectivity index (χ4n) is 5.74. The molecular formula is C28H36BF2N5O3. The fourth-order valence-corrected chi connectivity index (χ4v) is 5.74. The Morgan fingerprint density at radius 2 is 1.59 bits per heavy atom. The molecule has 39 heavy (non-hydrogen) atoms. The maximum atomic E-state index is 14.0. The second-order valence-electron chi connectivity index (χ2n) is 12.0. The standard InChI is InChI=1S/C28H36BF2N5O3/c1-26(2)27(3,4)39-29(38-26)22-18-36(19-8-12-28(30,31)13-9-19)24-21(22)6-7-23(34-24)37-20-10-16-35(17-11-20)25-32-14-5-15-33-25/h5-7,14-15,18-20H,8-13,16-17H2,1-4H3. The molecule has 0 spiro atoms. The van der Waals surface area contributed by atoms with Crippen LogP contribution < -0.4 is 15.1 Å². The minimum atomic E-state index is -2.60. The predicted octanol–water partition coefficient (Wildman–Crippen LogP) is 4.92. The van der Waals surface area contributed by atoms with Crippen molar-refractivity contribution in [3.05, 3.63) is 36.8 Å². The summed E-state index contributed by atoms with van der Waals surface area (Å²) >= 11 is 0. The van der Waals surface area contributed by atoms with Gasteiger partial charge in [0.05, 0.1) is 11.2 Å². The van der Waals surface area contributed by atoms with Crippen molar-refractivity contribution in [3.8, 4) is 5.88 Å². The van der Waals surface area contributed by atoms with Crippen LogP contribution in [-0.2, 0) is 9.31 Å². The SMILES string of the molecule is CC1(C)OB(c2cn(C3CCC(F)(F)CC3)c3nc(OC4CCN(c5ncccn5)CC4)ccc23)OC1(C)C. The summed E-state index contributed by atoms with van der Waals surface area (Å²) in [6.07, 6.45) is 7.73. The van der Waals surface area contributed by atoms with Gasteiger partial charge in [0.25, 0.3) is 0 Å². The Labute approximate surface area is 228 Å². The van der Waals surface area contributed by atoms with E-state index in [4.69, 9.17) is 19.0 Å². The molecule has 3 aromatic rings. The number of piperidine rings is 1. The minimum absolute atomic E-state index is 0.0225. The van der Waals surface area contributed by atoms with Crippen LogP contribution in [0.4, 0.5) is 14.7 Å². The van der Waals surface area contributed by atoms with Gasteiger partial charge < -0.3 is 23.5 Å². The van der Waals surface area contributed by atoms with Gasteiger partial charge in [-0.3, -0.25) is 0 Å². The van der Waals surface area contributed by atoms with Crippen LogP contribution in [0.1, 0.15) is 72.3 Å². The molecule has 3 aromatic heterocycles. The van der Waals surface area contributed by atoms with E-state index in [0.717, 1.165) is 48.4 Å². The number of pyridine rings is 1. The third-order valence-electron chi connectivity index (χ3n) is 8.83. The number of hydrogen-bond acceptors (Lipinski definition) is 7. The van der Waals surface area contributed by atoms with Gasteiger partial charge in [-0.2, -0.15) is 4.98 Å². The van der Waals surface area contributed by atoms with Crippen LogP contribution in [0.2, 0.25) is 0 Å². The highest BCUT2D eigenvalue weighted by atomic mass is 19.3. The molecule has 8 nitrogen and oxygen atoms in total. The summed E-state index contributed by atoms with van der Waals surface area (Å²) < 4.78 is 49.1. The van der Waals surface area contributed by atoms with E-state index in [9.17, 15) is 8.78 Å². The largest absolute Gasteiger partial charge is 0.497 e. The van der Waals surface area contributed by atoms with Gasteiger partial charge in [0.2, 0.25) is 17.8 Å². The molecule has 208 valence electrons. The number of rotatable bonds is 5. The fraction of sp³-hybridized carbons (Fsp3) is 0.607. The van der Waals surface area contributed by atoms with Crippen LogP contribution in [0.15, 0.2) is 36.8 Å². The smallest absolute Gasteiger partial charge is 0.474 e. The summed E-state index contributed by atoms with van der Waals surface area (Å²) in [5.74, 6) is -1.32. The molecule has 0 radical (unpaired) electrons. The third kappa shape index (κ3) is 5.11. The molecule has 5 heterocycles. The van der Waals surface area contributed by atoms with Crippen molar-refractivity contribution in [2.45, 2.75) is 95.5 Å². The molecule has 3 aliphatic rings. The molecule has 6 rings (SSSR count). The van der Waals surface area contributed by atoms with Crippen molar-refractivity contribution in [1.82, 2.24) is 19.5 Å². The highest BCUT2D eigenvalue weighted by Gasteiger charge is 2.52. The van der Waals surface area contributed by atoms with E-state index in [2.05, 4.69) is 14.9 Å². The third-order valence-corrected chi connectivity index (χ3v) is 8.83. The first-order valence-electron chi connectivity index (χ1n) is 13.9. The van der Waals surface area contributed by atoms with Crippen LogP contribution in [0.3, 0.4) is 0 Å². The van der Waals surface area contributed by atoms with E-state index in [0.29, 0.717) is 18.7 Å². The number of alkyl halides is 2. The van der Waals surface area contributed by atoms with Gasteiger partial charge in [-0.15, -0.1) is 0 Å². The topological polar surface area (TPSA) is 74.5 Å². The normalized spacial score (nSPS) is 23.4. The molecule has 3 fully saturated rings. The Bertz CT molecular complexity index is 1300. The van der Waals surface area contributed by atoms with Gasteiger partial charge >= 0.3 is 7.12 Å². The number of halogens is 2. The molecule has 2 saturated heterocycles. The van der Waals surface area contributed by atoms with Crippen molar-refractivity contribution in [1.29, 1.82) is 0 Å². The Morgan fingerprint density at radius 3 is 2.23 bits per heavy atom. The maximum Gasteiger partial charge on any atom is 0.497 e. The monoisotopic (exact) mass is 539 g/mol. The van der Waals surface area contributed by atoms with E-state index in [1.165, 1.54) is 0 Å². The second kappa shape index (κ2) is 9.69. The Balaban J connectivity index is 1.26. The molecule has 0 amide bonds. The molecule has 0 atom stereocenters. The summed E-state index contributed by atoms with van der Waals surface area (Å²) in [5.41, 5.74) is 0.614. The predicted molar refractivity (Wildman–Crippen MR) is 146 cm³/mol.